The molecule has 168 valence electrons. The first-order valence-corrected chi connectivity index (χ1v) is 9.72. The fourth-order valence-corrected chi connectivity index (χ4v) is 2.58. The number of hydrogen-bond donors (Lipinski definition) is 2. The first-order chi connectivity index (χ1) is 13.0. The highest BCUT2D eigenvalue weighted by molar-refractivity contribution is 14.0. The molecule has 0 aliphatic heterocycles. The Bertz CT molecular complexity index is 642. The zero-order chi connectivity index (χ0) is 21.3. The third kappa shape index (κ3) is 11.2. The largest absolute Gasteiger partial charge is 0.444 e. The highest BCUT2D eigenvalue weighted by Crippen LogP contribution is 2.11. The molecule has 0 fully saturated rings. The van der Waals surface area contributed by atoms with Crippen molar-refractivity contribution in [1.82, 2.24) is 25.7 Å². The fourth-order valence-electron chi connectivity index (χ4n) is 2.58. The van der Waals surface area contributed by atoms with E-state index >= 15 is 0 Å². The SMILES string of the molecule is CN=C(NCCc1nc(C)no1)N(C)CCC(NC(=O)OC(C)(C)C)C(C)C.I. The summed E-state index contributed by atoms with van der Waals surface area (Å²) in [5.74, 6) is 2.30. The van der Waals surface area contributed by atoms with Gasteiger partial charge in [0.25, 0.3) is 0 Å². The summed E-state index contributed by atoms with van der Waals surface area (Å²) in [6, 6.07) is 0.0109. The second-order valence-corrected chi connectivity index (χ2v) is 8.17. The van der Waals surface area contributed by atoms with Crippen LogP contribution in [0.25, 0.3) is 0 Å². The number of alkyl carbamates (subject to hydrolysis) is 1. The van der Waals surface area contributed by atoms with E-state index in [0.717, 1.165) is 18.9 Å². The number of aryl methyl sites for hydroxylation is 1. The molecule has 0 spiro atoms. The second kappa shape index (κ2) is 12.9. The number of nitrogens with zero attached hydrogens (tertiary/aromatic N) is 4. The number of hydrogen-bond acceptors (Lipinski definition) is 6. The Labute approximate surface area is 191 Å². The molecule has 2 N–H and O–H groups in total. The van der Waals surface area contributed by atoms with Gasteiger partial charge in [0.05, 0.1) is 0 Å². The second-order valence-electron chi connectivity index (χ2n) is 8.17. The van der Waals surface area contributed by atoms with Gasteiger partial charge in [0.1, 0.15) is 5.60 Å². The predicted octanol–water partition coefficient (Wildman–Crippen LogP) is 2.99. The van der Waals surface area contributed by atoms with Gasteiger partial charge < -0.3 is 24.8 Å². The van der Waals surface area contributed by atoms with Gasteiger partial charge in [-0.05, 0) is 40.0 Å². The van der Waals surface area contributed by atoms with Crippen molar-refractivity contribution < 1.29 is 14.1 Å². The van der Waals surface area contributed by atoms with Crippen LogP contribution in [0.1, 0.15) is 52.8 Å². The van der Waals surface area contributed by atoms with Crippen molar-refractivity contribution in [3.63, 3.8) is 0 Å². The van der Waals surface area contributed by atoms with E-state index in [9.17, 15) is 4.79 Å². The molecule has 1 amide bonds. The van der Waals surface area contributed by atoms with Crippen LogP contribution in [0.5, 0.6) is 0 Å². The molecular formula is C19H37IN6O3. The Morgan fingerprint density at radius 3 is 2.48 bits per heavy atom. The molecule has 1 aromatic heterocycles. The molecule has 1 aromatic rings. The van der Waals surface area contributed by atoms with E-state index in [1.54, 1.807) is 14.0 Å². The molecule has 0 bridgehead atoms. The van der Waals surface area contributed by atoms with Gasteiger partial charge in [-0.1, -0.05) is 19.0 Å². The summed E-state index contributed by atoms with van der Waals surface area (Å²) in [6.07, 6.45) is 1.02. The molecule has 0 aromatic carbocycles. The number of guanidine groups is 1. The van der Waals surface area contributed by atoms with Crippen molar-refractivity contribution in [1.29, 1.82) is 0 Å². The molecule has 29 heavy (non-hydrogen) atoms. The average Bonchev–Trinajstić information content (AvgIpc) is 2.98. The van der Waals surface area contributed by atoms with Crippen molar-refractivity contribution in [3.05, 3.63) is 11.7 Å². The monoisotopic (exact) mass is 524 g/mol. The zero-order valence-electron chi connectivity index (χ0n) is 18.9. The van der Waals surface area contributed by atoms with Crippen LogP contribution in [-0.4, -0.2) is 65.9 Å². The summed E-state index contributed by atoms with van der Waals surface area (Å²) in [5.41, 5.74) is -0.509. The quantitative estimate of drug-likeness (QED) is 0.306. The van der Waals surface area contributed by atoms with Crippen molar-refractivity contribution >= 4 is 36.0 Å². The fraction of sp³-hybridized carbons (Fsp3) is 0.789. The summed E-state index contributed by atoms with van der Waals surface area (Å²) in [4.78, 5) is 22.6. The van der Waals surface area contributed by atoms with Crippen molar-refractivity contribution in [2.75, 3.05) is 27.2 Å². The van der Waals surface area contributed by atoms with Crippen LogP contribution in [0.2, 0.25) is 0 Å². The van der Waals surface area contributed by atoms with Crippen LogP contribution in [0, 0.1) is 12.8 Å². The molecule has 0 saturated heterocycles. The minimum absolute atomic E-state index is 0. The van der Waals surface area contributed by atoms with Crippen LogP contribution < -0.4 is 10.6 Å². The minimum atomic E-state index is -0.509. The van der Waals surface area contributed by atoms with E-state index < -0.39 is 5.60 Å². The molecule has 1 heterocycles. The van der Waals surface area contributed by atoms with Crippen LogP contribution in [0.15, 0.2) is 9.52 Å². The number of aromatic nitrogens is 2. The van der Waals surface area contributed by atoms with Gasteiger partial charge in [-0.3, -0.25) is 4.99 Å². The topological polar surface area (TPSA) is 105 Å². The third-order valence-corrected chi connectivity index (χ3v) is 4.05. The molecule has 0 saturated carbocycles. The summed E-state index contributed by atoms with van der Waals surface area (Å²) >= 11 is 0. The molecule has 0 aliphatic carbocycles. The van der Waals surface area contributed by atoms with E-state index in [-0.39, 0.29) is 42.0 Å². The van der Waals surface area contributed by atoms with Crippen LogP contribution >= 0.6 is 24.0 Å². The zero-order valence-corrected chi connectivity index (χ0v) is 21.2. The maximum Gasteiger partial charge on any atom is 0.407 e. The molecule has 1 unspecified atom stereocenters. The summed E-state index contributed by atoms with van der Waals surface area (Å²) in [5, 5.41) is 10.0. The summed E-state index contributed by atoms with van der Waals surface area (Å²) in [7, 11) is 3.71. The molecule has 0 aliphatic rings. The molecule has 1 rings (SSSR count). The average molecular weight is 524 g/mol. The Morgan fingerprint density at radius 1 is 1.34 bits per heavy atom. The first-order valence-electron chi connectivity index (χ1n) is 9.72. The van der Waals surface area contributed by atoms with Gasteiger partial charge in [-0.15, -0.1) is 24.0 Å². The van der Waals surface area contributed by atoms with Crippen molar-refractivity contribution in [2.24, 2.45) is 10.9 Å². The van der Waals surface area contributed by atoms with Gasteiger partial charge in [-0.2, -0.15) is 4.98 Å². The molecular weight excluding hydrogens is 487 g/mol. The van der Waals surface area contributed by atoms with Gasteiger partial charge in [0.15, 0.2) is 11.8 Å². The number of carbonyl (C=O) groups excluding carboxylic acids is 1. The maximum absolute atomic E-state index is 12.1. The first kappa shape index (κ1) is 27.4. The smallest absolute Gasteiger partial charge is 0.407 e. The highest BCUT2D eigenvalue weighted by atomic mass is 127. The molecule has 1 atom stereocenters. The van der Waals surface area contributed by atoms with E-state index in [2.05, 4.69) is 39.6 Å². The van der Waals surface area contributed by atoms with E-state index in [4.69, 9.17) is 9.26 Å². The molecule has 0 radical (unpaired) electrons. The lowest BCUT2D eigenvalue weighted by Gasteiger charge is -2.28. The normalized spacial score (nSPS) is 12.9. The van der Waals surface area contributed by atoms with E-state index in [1.165, 1.54) is 0 Å². The lowest BCUT2D eigenvalue weighted by Crippen LogP contribution is -2.45. The lowest BCUT2D eigenvalue weighted by atomic mass is 10.0. The number of nitrogens with one attached hydrogen (secondary N) is 2. The van der Waals surface area contributed by atoms with Crippen LogP contribution in [0.3, 0.4) is 0 Å². The van der Waals surface area contributed by atoms with E-state index in [0.29, 0.717) is 24.7 Å². The van der Waals surface area contributed by atoms with Crippen molar-refractivity contribution in [3.8, 4) is 0 Å². The van der Waals surface area contributed by atoms with Gasteiger partial charge in [0.2, 0.25) is 5.89 Å². The minimum Gasteiger partial charge on any atom is -0.444 e. The Morgan fingerprint density at radius 2 is 2.00 bits per heavy atom. The Balaban J connectivity index is 0.00000784. The number of ether oxygens (including phenoxy) is 1. The molecule has 9 nitrogen and oxygen atoms in total. The number of aliphatic imine (C=N–C) groups is 1. The van der Waals surface area contributed by atoms with Crippen LogP contribution in [-0.2, 0) is 11.2 Å². The van der Waals surface area contributed by atoms with Crippen LogP contribution in [0.4, 0.5) is 4.79 Å². The lowest BCUT2D eigenvalue weighted by molar-refractivity contribution is 0.0486. The van der Waals surface area contributed by atoms with Gasteiger partial charge in [0, 0.05) is 39.6 Å². The van der Waals surface area contributed by atoms with Crippen molar-refractivity contribution in [2.45, 2.75) is 66.0 Å². The van der Waals surface area contributed by atoms with E-state index in [1.807, 2.05) is 32.7 Å². The van der Waals surface area contributed by atoms with Gasteiger partial charge in [-0.25, -0.2) is 4.79 Å². The standard InChI is InChI=1S/C19H36N6O3.HI/c1-13(2)15(23-18(26)27-19(4,5)6)10-12-25(8)17(20-7)21-11-9-16-22-14(3)24-28-16;/h13,15H,9-12H2,1-8H3,(H,20,21)(H,23,26);1H. The number of amides is 1. The Hall–Kier alpha value is -1.59. The maximum atomic E-state index is 12.1. The van der Waals surface area contributed by atoms with Gasteiger partial charge >= 0.3 is 6.09 Å². The number of rotatable bonds is 8. The Kier molecular flexibility index (Phi) is 12.2. The number of halogens is 1. The summed E-state index contributed by atoms with van der Waals surface area (Å²) < 4.78 is 10.5. The highest BCUT2D eigenvalue weighted by Gasteiger charge is 2.22. The predicted molar refractivity (Wildman–Crippen MR) is 125 cm³/mol. The number of carbonyl (C=O) groups is 1. The molecule has 10 heteroatoms. The third-order valence-electron chi connectivity index (χ3n) is 4.05. The summed E-state index contributed by atoms with van der Waals surface area (Å²) in [6.45, 7) is 12.9.